The van der Waals surface area contributed by atoms with E-state index in [9.17, 15) is 0 Å². The summed E-state index contributed by atoms with van der Waals surface area (Å²) in [7, 11) is 0. The van der Waals surface area contributed by atoms with Crippen molar-refractivity contribution >= 4 is 23.4 Å². The number of nitrogens with one attached hydrogen (secondary N) is 1. The van der Waals surface area contributed by atoms with Gasteiger partial charge in [0.1, 0.15) is 5.15 Å². The molecule has 1 N–H and O–H groups in total. The fourth-order valence-corrected chi connectivity index (χ4v) is 2.76. The fraction of sp³-hybridized carbons (Fsp3) is 0.583. The van der Waals surface area contributed by atoms with Crippen LogP contribution in [0.1, 0.15) is 18.4 Å². The first kappa shape index (κ1) is 12.2. The van der Waals surface area contributed by atoms with Crippen LogP contribution in [-0.2, 0) is 6.54 Å². The Morgan fingerprint density at radius 3 is 3.12 bits per heavy atom. The summed E-state index contributed by atoms with van der Waals surface area (Å²) >= 11 is 8.01. The van der Waals surface area contributed by atoms with Crippen molar-refractivity contribution in [2.45, 2.75) is 19.4 Å². The van der Waals surface area contributed by atoms with Crippen molar-refractivity contribution in [3.8, 4) is 0 Å². The fourth-order valence-electron chi connectivity index (χ4n) is 1.45. The Labute approximate surface area is 106 Å². The first-order valence-electron chi connectivity index (χ1n) is 5.74. The van der Waals surface area contributed by atoms with Crippen LogP contribution in [0.5, 0.6) is 0 Å². The molecule has 1 heterocycles. The molecule has 0 amide bonds. The molecule has 2 nitrogen and oxygen atoms in total. The van der Waals surface area contributed by atoms with Gasteiger partial charge in [-0.2, -0.15) is 11.8 Å². The van der Waals surface area contributed by atoms with Crippen LogP contribution in [-0.4, -0.2) is 23.0 Å². The van der Waals surface area contributed by atoms with E-state index in [2.05, 4.69) is 22.1 Å². The second-order valence-electron chi connectivity index (χ2n) is 4.15. The molecular weight excluding hydrogens is 240 g/mol. The summed E-state index contributed by atoms with van der Waals surface area (Å²) < 4.78 is 0. The first-order chi connectivity index (χ1) is 7.86. The Balaban J connectivity index is 1.55. The zero-order valence-corrected chi connectivity index (χ0v) is 10.9. The summed E-state index contributed by atoms with van der Waals surface area (Å²) in [5.41, 5.74) is 1.08. The van der Waals surface area contributed by atoms with Crippen LogP contribution in [0, 0.1) is 5.92 Å². The van der Waals surface area contributed by atoms with Gasteiger partial charge in [-0.3, -0.25) is 0 Å². The van der Waals surface area contributed by atoms with Crippen molar-refractivity contribution in [2.24, 2.45) is 5.92 Å². The molecule has 1 aromatic rings. The minimum absolute atomic E-state index is 0.612. The number of thioether (sulfide) groups is 1. The number of nitrogens with zero attached hydrogens (tertiary/aromatic N) is 1. The Hall–Kier alpha value is -0.250. The summed E-state index contributed by atoms with van der Waals surface area (Å²) in [4.78, 5) is 4.05. The van der Waals surface area contributed by atoms with Crippen LogP contribution in [0.2, 0.25) is 5.15 Å². The number of rotatable bonds is 7. The lowest BCUT2D eigenvalue weighted by atomic mass is 10.3. The van der Waals surface area contributed by atoms with Gasteiger partial charge in [0, 0.05) is 30.6 Å². The average Bonchev–Trinajstić information content (AvgIpc) is 3.09. The van der Waals surface area contributed by atoms with Crippen molar-refractivity contribution in [1.82, 2.24) is 10.3 Å². The van der Waals surface area contributed by atoms with Crippen molar-refractivity contribution in [3.63, 3.8) is 0 Å². The highest BCUT2D eigenvalue weighted by Gasteiger charge is 2.20. The first-order valence-corrected chi connectivity index (χ1v) is 7.27. The second kappa shape index (κ2) is 6.48. The van der Waals surface area contributed by atoms with Gasteiger partial charge in [0.2, 0.25) is 0 Å². The molecule has 1 aliphatic rings. The van der Waals surface area contributed by atoms with Gasteiger partial charge < -0.3 is 5.32 Å². The molecule has 1 aliphatic carbocycles. The number of hydrogen-bond acceptors (Lipinski definition) is 3. The number of halogens is 1. The summed E-state index contributed by atoms with van der Waals surface area (Å²) in [6, 6.07) is 3.93. The molecule has 1 saturated carbocycles. The highest BCUT2D eigenvalue weighted by atomic mass is 35.5. The molecule has 0 spiro atoms. The van der Waals surface area contributed by atoms with E-state index in [1.165, 1.54) is 24.3 Å². The maximum atomic E-state index is 5.96. The lowest BCUT2D eigenvalue weighted by molar-refractivity contribution is 0.729. The van der Waals surface area contributed by atoms with E-state index in [-0.39, 0.29) is 0 Å². The maximum Gasteiger partial charge on any atom is 0.133 e. The topological polar surface area (TPSA) is 24.9 Å². The van der Waals surface area contributed by atoms with Crippen LogP contribution >= 0.6 is 23.4 Å². The lowest BCUT2D eigenvalue weighted by Gasteiger charge is -2.05. The lowest BCUT2D eigenvalue weighted by Crippen LogP contribution is -2.17. The minimum atomic E-state index is 0.612. The van der Waals surface area contributed by atoms with Crippen LogP contribution in [0.25, 0.3) is 0 Å². The molecule has 0 radical (unpaired) electrons. The molecule has 0 aliphatic heterocycles. The van der Waals surface area contributed by atoms with Crippen LogP contribution in [0.15, 0.2) is 18.3 Å². The molecule has 4 heteroatoms. The van der Waals surface area contributed by atoms with E-state index in [1.807, 2.05) is 12.1 Å². The van der Waals surface area contributed by atoms with Gasteiger partial charge in [0.15, 0.2) is 0 Å². The van der Waals surface area contributed by atoms with Crippen molar-refractivity contribution in [2.75, 3.05) is 18.1 Å². The molecule has 1 aromatic heterocycles. The SMILES string of the molecule is Clc1ncccc1CNCCSCC1CC1. The van der Waals surface area contributed by atoms with Crippen LogP contribution < -0.4 is 5.32 Å². The predicted molar refractivity (Wildman–Crippen MR) is 71.0 cm³/mol. The van der Waals surface area contributed by atoms with E-state index in [0.717, 1.165) is 24.6 Å². The predicted octanol–water partition coefficient (Wildman–Crippen LogP) is 2.97. The monoisotopic (exact) mass is 256 g/mol. The standard InChI is InChI=1S/C12H17ClN2S/c13-12-11(2-1-5-15-12)8-14-6-7-16-9-10-3-4-10/h1-2,5,10,14H,3-4,6-9H2. The number of pyridine rings is 1. The zero-order valence-electron chi connectivity index (χ0n) is 9.29. The molecule has 16 heavy (non-hydrogen) atoms. The second-order valence-corrected chi connectivity index (χ2v) is 5.66. The van der Waals surface area contributed by atoms with Crippen molar-refractivity contribution in [1.29, 1.82) is 0 Å². The zero-order chi connectivity index (χ0) is 11.2. The van der Waals surface area contributed by atoms with Gasteiger partial charge in [-0.1, -0.05) is 17.7 Å². The maximum absolute atomic E-state index is 5.96. The highest BCUT2D eigenvalue weighted by molar-refractivity contribution is 7.99. The van der Waals surface area contributed by atoms with E-state index in [0.29, 0.717) is 5.15 Å². The van der Waals surface area contributed by atoms with E-state index in [4.69, 9.17) is 11.6 Å². The average molecular weight is 257 g/mol. The molecular formula is C12H17ClN2S. The quantitative estimate of drug-likeness (QED) is 0.600. The minimum Gasteiger partial charge on any atom is -0.312 e. The van der Waals surface area contributed by atoms with E-state index in [1.54, 1.807) is 6.20 Å². The summed E-state index contributed by atoms with van der Waals surface area (Å²) in [6.45, 7) is 1.86. The van der Waals surface area contributed by atoms with Crippen molar-refractivity contribution < 1.29 is 0 Å². The van der Waals surface area contributed by atoms with Gasteiger partial charge in [0.05, 0.1) is 0 Å². The Morgan fingerprint density at radius 1 is 1.50 bits per heavy atom. The molecule has 0 bridgehead atoms. The summed E-state index contributed by atoms with van der Waals surface area (Å²) in [6.07, 6.45) is 4.62. The molecule has 0 atom stereocenters. The normalized spacial score (nSPS) is 15.3. The molecule has 0 saturated heterocycles. The number of hydrogen-bond donors (Lipinski definition) is 1. The third-order valence-electron chi connectivity index (χ3n) is 2.63. The summed E-state index contributed by atoms with van der Waals surface area (Å²) in [5.74, 6) is 3.56. The van der Waals surface area contributed by atoms with Crippen LogP contribution in [0.3, 0.4) is 0 Å². The largest absolute Gasteiger partial charge is 0.312 e. The molecule has 88 valence electrons. The number of aromatic nitrogens is 1. The third-order valence-corrected chi connectivity index (χ3v) is 4.17. The summed E-state index contributed by atoms with van der Waals surface area (Å²) in [5, 5.41) is 4.00. The van der Waals surface area contributed by atoms with Gasteiger partial charge in [-0.25, -0.2) is 4.98 Å². The molecule has 1 fully saturated rings. The Morgan fingerprint density at radius 2 is 2.38 bits per heavy atom. The van der Waals surface area contributed by atoms with E-state index >= 15 is 0 Å². The molecule has 0 unspecified atom stereocenters. The van der Waals surface area contributed by atoms with E-state index < -0.39 is 0 Å². The van der Waals surface area contributed by atoms with Gasteiger partial charge >= 0.3 is 0 Å². The molecule has 0 aromatic carbocycles. The van der Waals surface area contributed by atoms with Gasteiger partial charge in [-0.15, -0.1) is 0 Å². The Kier molecular flexibility index (Phi) is 4.94. The smallest absolute Gasteiger partial charge is 0.133 e. The van der Waals surface area contributed by atoms with Crippen molar-refractivity contribution in [3.05, 3.63) is 29.0 Å². The third kappa shape index (κ3) is 4.32. The van der Waals surface area contributed by atoms with Gasteiger partial charge in [-0.05, 0) is 30.6 Å². The van der Waals surface area contributed by atoms with Gasteiger partial charge in [0.25, 0.3) is 0 Å². The van der Waals surface area contributed by atoms with Crippen LogP contribution in [0.4, 0.5) is 0 Å². The molecule has 2 rings (SSSR count). The highest BCUT2D eigenvalue weighted by Crippen LogP contribution is 2.32. The Bertz CT molecular complexity index is 329.